The highest BCUT2D eigenvalue weighted by Gasteiger charge is 2.24. The highest BCUT2D eigenvalue weighted by molar-refractivity contribution is 5.85. The Balaban J connectivity index is 0.000000853. The van der Waals surface area contributed by atoms with Crippen LogP contribution < -0.4 is 5.32 Å². The summed E-state index contributed by atoms with van der Waals surface area (Å²) in [4.78, 5) is 0. The molecule has 1 aromatic rings. The number of nitrogens with one attached hydrogen (secondary N) is 1. The van der Waals surface area contributed by atoms with Crippen molar-refractivity contribution in [1.29, 1.82) is 0 Å². The molecule has 0 spiro atoms. The van der Waals surface area contributed by atoms with Gasteiger partial charge in [0.05, 0.1) is 0 Å². The molecule has 2 aliphatic rings. The quantitative estimate of drug-likeness (QED) is 0.783. The van der Waals surface area contributed by atoms with Crippen molar-refractivity contribution < 1.29 is 0 Å². The Labute approximate surface area is 95.9 Å². The molecule has 1 aromatic heterocycles. The molecule has 84 valence electrons. The SMILES string of the molecule is C1CNCC(c2nnc3n2CCC3)C1.Cl. The molecule has 3 rings (SSSR count). The fourth-order valence-corrected chi connectivity index (χ4v) is 2.55. The van der Waals surface area contributed by atoms with Crippen molar-refractivity contribution in [3.63, 3.8) is 0 Å². The average Bonchev–Trinajstić information content (AvgIpc) is 2.79. The molecule has 0 radical (unpaired) electrons. The first-order chi connectivity index (χ1) is 6.95. The summed E-state index contributed by atoms with van der Waals surface area (Å²) in [5, 5.41) is 12.0. The normalized spacial score (nSPS) is 24.7. The summed E-state index contributed by atoms with van der Waals surface area (Å²) < 4.78 is 2.33. The second-order valence-electron chi connectivity index (χ2n) is 4.27. The maximum atomic E-state index is 4.33. The average molecular weight is 229 g/mol. The van der Waals surface area contributed by atoms with E-state index in [1.807, 2.05) is 0 Å². The van der Waals surface area contributed by atoms with E-state index < -0.39 is 0 Å². The molecule has 0 bridgehead atoms. The summed E-state index contributed by atoms with van der Waals surface area (Å²) in [5.41, 5.74) is 0. The largest absolute Gasteiger partial charge is 0.316 e. The summed E-state index contributed by atoms with van der Waals surface area (Å²) in [7, 11) is 0. The zero-order chi connectivity index (χ0) is 9.38. The monoisotopic (exact) mass is 228 g/mol. The van der Waals surface area contributed by atoms with Crippen molar-refractivity contribution in [2.24, 2.45) is 0 Å². The van der Waals surface area contributed by atoms with Crippen molar-refractivity contribution in [2.45, 2.75) is 38.1 Å². The van der Waals surface area contributed by atoms with Crippen LogP contribution in [0, 0.1) is 0 Å². The van der Waals surface area contributed by atoms with Crippen LogP contribution in [0.3, 0.4) is 0 Å². The van der Waals surface area contributed by atoms with E-state index in [1.165, 1.54) is 30.9 Å². The molecular weight excluding hydrogens is 212 g/mol. The molecule has 0 saturated carbocycles. The van der Waals surface area contributed by atoms with Gasteiger partial charge in [0.25, 0.3) is 0 Å². The van der Waals surface area contributed by atoms with Gasteiger partial charge < -0.3 is 9.88 Å². The Hall–Kier alpha value is -0.610. The van der Waals surface area contributed by atoms with E-state index in [4.69, 9.17) is 0 Å². The summed E-state index contributed by atoms with van der Waals surface area (Å²) >= 11 is 0. The zero-order valence-electron chi connectivity index (χ0n) is 8.78. The minimum Gasteiger partial charge on any atom is -0.316 e. The van der Waals surface area contributed by atoms with Gasteiger partial charge in [-0.3, -0.25) is 0 Å². The first-order valence-corrected chi connectivity index (χ1v) is 5.58. The van der Waals surface area contributed by atoms with Gasteiger partial charge in [0, 0.05) is 25.4 Å². The van der Waals surface area contributed by atoms with Gasteiger partial charge in [0.15, 0.2) is 0 Å². The highest BCUT2D eigenvalue weighted by atomic mass is 35.5. The highest BCUT2D eigenvalue weighted by Crippen LogP contribution is 2.25. The predicted octanol–water partition coefficient (Wildman–Crippen LogP) is 1.11. The van der Waals surface area contributed by atoms with Crippen molar-refractivity contribution in [2.75, 3.05) is 13.1 Å². The lowest BCUT2D eigenvalue weighted by Crippen LogP contribution is -2.30. The van der Waals surface area contributed by atoms with Crippen LogP contribution in [0.15, 0.2) is 0 Å². The minimum absolute atomic E-state index is 0. The molecule has 3 heterocycles. The topological polar surface area (TPSA) is 42.7 Å². The van der Waals surface area contributed by atoms with Gasteiger partial charge in [-0.1, -0.05) is 0 Å². The predicted molar refractivity (Wildman–Crippen MR) is 60.4 cm³/mol. The van der Waals surface area contributed by atoms with Gasteiger partial charge in [-0.05, 0) is 25.8 Å². The third-order valence-electron chi connectivity index (χ3n) is 3.30. The summed E-state index contributed by atoms with van der Waals surface area (Å²) in [5.74, 6) is 3.03. The number of nitrogens with zero attached hydrogens (tertiary/aromatic N) is 3. The lowest BCUT2D eigenvalue weighted by atomic mass is 9.99. The molecular formula is C10H17ClN4. The van der Waals surface area contributed by atoms with Crippen LogP contribution >= 0.6 is 12.4 Å². The maximum absolute atomic E-state index is 4.33. The van der Waals surface area contributed by atoms with Crippen LogP contribution in [0.1, 0.15) is 36.8 Å². The van der Waals surface area contributed by atoms with Crippen LogP contribution in [-0.4, -0.2) is 27.9 Å². The first-order valence-electron chi connectivity index (χ1n) is 5.58. The fourth-order valence-electron chi connectivity index (χ4n) is 2.55. The van der Waals surface area contributed by atoms with Crippen LogP contribution in [0.25, 0.3) is 0 Å². The number of halogens is 1. The molecule has 1 atom stereocenters. The van der Waals surface area contributed by atoms with E-state index in [2.05, 4.69) is 20.1 Å². The number of fused-ring (bicyclic) bond motifs is 1. The number of hydrogen-bond acceptors (Lipinski definition) is 3. The smallest absolute Gasteiger partial charge is 0.137 e. The number of aromatic nitrogens is 3. The Morgan fingerprint density at radius 3 is 3.00 bits per heavy atom. The van der Waals surface area contributed by atoms with Gasteiger partial charge in [-0.25, -0.2) is 0 Å². The Morgan fingerprint density at radius 2 is 2.20 bits per heavy atom. The lowest BCUT2D eigenvalue weighted by molar-refractivity contribution is 0.433. The first kappa shape index (κ1) is 10.9. The van der Waals surface area contributed by atoms with Gasteiger partial charge in [-0.2, -0.15) is 0 Å². The molecule has 1 saturated heterocycles. The molecule has 0 aliphatic carbocycles. The number of piperidine rings is 1. The molecule has 5 heteroatoms. The number of rotatable bonds is 1. The van der Waals surface area contributed by atoms with E-state index in [9.17, 15) is 0 Å². The summed E-state index contributed by atoms with van der Waals surface area (Å²) in [6, 6.07) is 0. The Morgan fingerprint density at radius 1 is 1.27 bits per heavy atom. The van der Waals surface area contributed by atoms with Gasteiger partial charge in [0.1, 0.15) is 11.6 Å². The minimum atomic E-state index is 0. The number of aryl methyl sites for hydroxylation is 1. The Kier molecular flexibility index (Phi) is 3.26. The van der Waals surface area contributed by atoms with Crippen molar-refractivity contribution in [1.82, 2.24) is 20.1 Å². The summed E-state index contributed by atoms with van der Waals surface area (Å²) in [6.07, 6.45) is 4.91. The third kappa shape index (κ3) is 1.88. The molecule has 0 aromatic carbocycles. The molecule has 1 N–H and O–H groups in total. The summed E-state index contributed by atoms with van der Waals surface area (Å²) in [6.45, 7) is 3.38. The molecule has 1 unspecified atom stereocenters. The van der Waals surface area contributed by atoms with E-state index in [0.717, 1.165) is 26.1 Å². The second-order valence-corrected chi connectivity index (χ2v) is 4.27. The van der Waals surface area contributed by atoms with E-state index >= 15 is 0 Å². The third-order valence-corrected chi connectivity index (χ3v) is 3.30. The molecule has 4 nitrogen and oxygen atoms in total. The molecule has 15 heavy (non-hydrogen) atoms. The van der Waals surface area contributed by atoms with Crippen molar-refractivity contribution in [3.05, 3.63) is 11.6 Å². The van der Waals surface area contributed by atoms with E-state index in [1.54, 1.807) is 0 Å². The lowest BCUT2D eigenvalue weighted by Gasteiger charge is -2.21. The van der Waals surface area contributed by atoms with E-state index in [0.29, 0.717) is 5.92 Å². The molecule has 2 aliphatic heterocycles. The van der Waals surface area contributed by atoms with Crippen molar-refractivity contribution in [3.8, 4) is 0 Å². The van der Waals surface area contributed by atoms with Gasteiger partial charge >= 0.3 is 0 Å². The van der Waals surface area contributed by atoms with Gasteiger partial charge in [0.2, 0.25) is 0 Å². The zero-order valence-corrected chi connectivity index (χ0v) is 9.59. The maximum Gasteiger partial charge on any atom is 0.137 e. The van der Waals surface area contributed by atoms with Gasteiger partial charge in [-0.15, -0.1) is 22.6 Å². The van der Waals surface area contributed by atoms with E-state index in [-0.39, 0.29) is 12.4 Å². The molecule has 0 amide bonds. The standard InChI is InChI=1S/C10H16N4.ClH/c1-3-8(7-11-5-1)10-13-12-9-4-2-6-14(9)10;/h8,11H,1-7H2;1H. The Bertz CT molecular complexity index is 330. The van der Waals surface area contributed by atoms with Crippen LogP contribution in [0.4, 0.5) is 0 Å². The van der Waals surface area contributed by atoms with Crippen molar-refractivity contribution >= 4 is 12.4 Å². The number of hydrogen-bond donors (Lipinski definition) is 1. The second kappa shape index (κ2) is 4.49. The fraction of sp³-hybridized carbons (Fsp3) is 0.800. The van der Waals surface area contributed by atoms with Crippen LogP contribution in [0.5, 0.6) is 0 Å². The van der Waals surface area contributed by atoms with Crippen LogP contribution in [-0.2, 0) is 13.0 Å². The van der Waals surface area contributed by atoms with Crippen LogP contribution in [0.2, 0.25) is 0 Å². The molecule has 1 fully saturated rings.